The van der Waals surface area contributed by atoms with Crippen molar-refractivity contribution in [2.24, 2.45) is 0 Å². The lowest BCUT2D eigenvalue weighted by atomic mass is 10.00. The molecule has 0 spiro atoms. The number of benzene rings is 1. The predicted molar refractivity (Wildman–Crippen MR) is 69.1 cm³/mol. The zero-order valence-electron chi connectivity index (χ0n) is 10.8. The van der Waals surface area contributed by atoms with E-state index < -0.39 is 0 Å². The van der Waals surface area contributed by atoms with E-state index >= 15 is 0 Å². The van der Waals surface area contributed by atoms with E-state index in [1.807, 2.05) is 6.92 Å². The summed E-state index contributed by atoms with van der Waals surface area (Å²) in [7, 11) is 0. The zero-order chi connectivity index (χ0) is 13.2. The fourth-order valence-corrected chi connectivity index (χ4v) is 2.32. The Balaban J connectivity index is 2.01. The number of halogens is 1. The Morgan fingerprint density at radius 1 is 1.56 bits per heavy atom. The van der Waals surface area contributed by atoms with Crippen LogP contribution in [0.15, 0.2) is 18.2 Å². The van der Waals surface area contributed by atoms with Gasteiger partial charge in [0.15, 0.2) is 0 Å². The van der Waals surface area contributed by atoms with Gasteiger partial charge < -0.3 is 10.6 Å². The fraction of sp³-hybridized carbons (Fsp3) is 0.500. The molecular weight excluding hydrogens is 231 g/mol. The lowest BCUT2D eigenvalue weighted by Crippen LogP contribution is -2.47. The number of hydrogen-bond acceptors (Lipinski definition) is 2. The van der Waals surface area contributed by atoms with Crippen molar-refractivity contribution in [3.8, 4) is 0 Å². The molecule has 0 bridgehead atoms. The van der Waals surface area contributed by atoms with Crippen LogP contribution in [0.4, 0.5) is 4.39 Å². The minimum atomic E-state index is -0.379. The van der Waals surface area contributed by atoms with E-state index in [9.17, 15) is 9.18 Å². The molecule has 1 aliphatic heterocycles. The summed E-state index contributed by atoms with van der Waals surface area (Å²) >= 11 is 0. The van der Waals surface area contributed by atoms with Gasteiger partial charge in [0.05, 0.1) is 0 Å². The largest absolute Gasteiger partial charge is 0.350 e. The molecule has 2 N–H and O–H groups in total. The molecular formula is C14H19FN2O. The van der Waals surface area contributed by atoms with E-state index in [1.54, 1.807) is 6.07 Å². The second-order valence-corrected chi connectivity index (χ2v) is 5.23. The Kier molecular flexibility index (Phi) is 3.66. The molecule has 98 valence electrons. The summed E-state index contributed by atoms with van der Waals surface area (Å²) in [5.41, 5.74) is 1.17. The molecule has 1 atom stereocenters. The summed E-state index contributed by atoms with van der Waals surface area (Å²) in [4.78, 5) is 12.0. The number of nitrogens with one attached hydrogen (secondary N) is 2. The van der Waals surface area contributed by atoms with Crippen molar-refractivity contribution in [2.75, 3.05) is 13.1 Å². The van der Waals surface area contributed by atoms with Crippen LogP contribution in [0, 0.1) is 12.7 Å². The van der Waals surface area contributed by atoms with Crippen LogP contribution in [0.5, 0.6) is 0 Å². The highest BCUT2D eigenvalue weighted by atomic mass is 19.1. The van der Waals surface area contributed by atoms with Gasteiger partial charge in [-0.25, -0.2) is 4.39 Å². The van der Waals surface area contributed by atoms with Crippen molar-refractivity contribution in [2.45, 2.75) is 32.2 Å². The highest BCUT2D eigenvalue weighted by Gasteiger charge is 2.28. The molecule has 18 heavy (non-hydrogen) atoms. The molecule has 0 aromatic heterocycles. The van der Waals surface area contributed by atoms with Gasteiger partial charge in [-0.2, -0.15) is 0 Å². The van der Waals surface area contributed by atoms with Crippen LogP contribution in [0.2, 0.25) is 0 Å². The van der Waals surface area contributed by atoms with E-state index in [0.29, 0.717) is 12.1 Å². The van der Waals surface area contributed by atoms with Crippen molar-refractivity contribution in [3.05, 3.63) is 35.1 Å². The summed E-state index contributed by atoms with van der Waals surface area (Å²) < 4.78 is 13.1. The lowest BCUT2D eigenvalue weighted by Gasteiger charge is -2.24. The van der Waals surface area contributed by atoms with Crippen LogP contribution < -0.4 is 10.6 Å². The second kappa shape index (κ2) is 5.06. The molecule has 1 fully saturated rings. The molecule has 1 aliphatic rings. The summed E-state index contributed by atoms with van der Waals surface area (Å²) in [6.45, 7) is 5.47. The number of amides is 1. The fourth-order valence-electron chi connectivity index (χ4n) is 2.32. The second-order valence-electron chi connectivity index (χ2n) is 5.23. The Labute approximate surface area is 107 Å². The van der Waals surface area contributed by atoms with E-state index in [4.69, 9.17) is 0 Å². The molecule has 1 unspecified atom stereocenters. The molecule has 3 nitrogen and oxygen atoms in total. The monoisotopic (exact) mass is 250 g/mol. The third-order valence-corrected chi connectivity index (χ3v) is 3.54. The topological polar surface area (TPSA) is 41.1 Å². The molecule has 4 heteroatoms. The molecule has 1 amide bonds. The van der Waals surface area contributed by atoms with Crippen molar-refractivity contribution in [1.82, 2.24) is 10.6 Å². The van der Waals surface area contributed by atoms with E-state index in [2.05, 4.69) is 17.6 Å². The molecule has 1 saturated heterocycles. The Bertz CT molecular complexity index is 453. The molecule has 0 aliphatic carbocycles. The van der Waals surface area contributed by atoms with Gasteiger partial charge in [-0.15, -0.1) is 0 Å². The highest BCUT2D eigenvalue weighted by Crippen LogP contribution is 2.17. The van der Waals surface area contributed by atoms with Crippen LogP contribution in [0.25, 0.3) is 0 Å². The molecule has 0 radical (unpaired) electrons. The lowest BCUT2D eigenvalue weighted by molar-refractivity contribution is 0.0941. The first-order chi connectivity index (χ1) is 8.50. The average molecular weight is 250 g/mol. The maximum Gasteiger partial charge on any atom is 0.251 e. The van der Waals surface area contributed by atoms with Gasteiger partial charge in [-0.1, -0.05) is 6.07 Å². The first-order valence-corrected chi connectivity index (χ1v) is 6.30. The normalized spacial score (nSPS) is 23.1. The molecule has 0 saturated carbocycles. The van der Waals surface area contributed by atoms with Gasteiger partial charge in [-0.3, -0.25) is 4.79 Å². The molecule has 1 aromatic carbocycles. The first-order valence-electron chi connectivity index (χ1n) is 6.30. The van der Waals surface area contributed by atoms with E-state index in [-0.39, 0.29) is 17.3 Å². The highest BCUT2D eigenvalue weighted by molar-refractivity contribution is 5.95. The third-order valence-electron chi connectivity index (χ3n) is 3.54. The Morgan fingerprint density at radius 2 is 2.33 bits per heavy atom. The minimum Gasteiger partial charge on any atom is -0.350 e. The standard InChI is InChI=1S/C14H19FN2O/c1-10-4-5-11(15)8-12(10)13(18)16-9-14(2)6-3-7-17-14/h4-5,8,17H,3,6-7,9H2,1-2H3,(H,16,18). The number of aryl methyl sites for hydroxylation is 1. The van der Waals surface area contributed by atoms with Crippen LogP contribution >= 0.6 is 0 Å². The minimum absolute atomic E-state index is 0.0309. The average Bonchev–Trinajstić information content (AvgIpc) is 2.77. The molecule has 1 heterocycles. The maximum absolute atomic E-state index is 13.1. The zero-order valence-corrected chi connectivity index (χ0v) is 10.8. The van der Waals surface area contributed by atoms with E-state index in [1.165, 1.54) is 12.1 Å². The SMILES string of the molecule is Cc1ccc(F)cc1C(=O)NCC1(C)CCCN1. The number of carbonyl (C=O) groups excluding carboxylic acids is 1. The van der Waals surface area contributed by atoms with Crippen LogP contribution in [0.1, 0.15) is 35.7 Å². The van der Waals surface area contributed by atoms with Crippen molar-refractivity contribution >= 4 is 5.91 Å². The van der Waals surface area contributed by atoms with Crippen molar-refractivity contribution in [3.63, 3.8) is 0 Å². The smallest absolute Gasteiger partial charge is 0.251 e. The van der Waals surface area contributed by atoms with Crippen LogP contribution in [-0.2, 0) is 0 Å². The maximum atomic E-state index is 13.1. The van der Waals surface area contributed by atoms with Crippen molar-refractivity contribution < 1.29 is 9.18 Å². The Hall–Kier alpha value is -1.42. The number of carbonyl (C=O) groups is 1. The predicted octanol–water partition coefficient (Wildman–Crippen LogP) is 2.01. The number of hydrogen-bond donors (Lipinski definition) is 2. The van der Waals surface area contributed by atoms with Crippen LogP contribution in [-0.4, -0.2) is 24.5 Å². The Morgan fingerprint density at radius 3 is 3.00 bits per heavy atom. The molecule has 2 rings (SSSR count). The van der Waals surface area contributed by atoms with Crippen molar-refractivity contribution in [1.29, 1.82) is 0 Å². The van der Waals surface area contributed by atoms with Gasteiger partial charge >= 0.3 is 0 Å². The quantitative estimate of drug-likeness (QED) is 0.861. The van der Waals surface area contributed by atoms with Crippen LogP contribution in [0.3, 0.4) is 0 Å². The summed E-state index contributed by atoms with van der Waals surface area (Å²) in [6.07, 6.45) is 2.18. The van der Waals surface area contributed by atoms with E-state index in [0.717, 1.165) is 24.9 Å². The van der Waals surface area contributed by atoms with Gasteiger partial charge in [0, 0.05) is 17.6 Å². The van der Waals surface area contributed by atoms with Gasteiger partial charge in [0.25, 0.3) is 5.91 Å². The summed E-state index contributed by atoms with van der Waals surface area (Å²) in [5.74, 6) is -0.585. The molecule has 1 aromatic rings. The first kappa shape index (κ1) is 13.0. The summed E-state index contributed by atoms with van der Waals surface area (Å²) in [6, 6.07) is 4.28. The van der Waals surface area contributed by atoms with Gasteiger partial charge in [-0.05, 0) is 50.9 Å². The van der Waals surface area contributed by atoms with Gasteiger partial charge in [0.2, 0.25) is 0 Å². The van der Waals surface area contributed by atoms with Gasteiger partial charge in [0.1, 0.15) is 5.82 Å². The number of rotatable bonds is 3. The third kappa shape index (κ3) is 2.88. The summed E-state index contributed by atoms with van der Waals surface area (Å²) in [5, 5.41) is 6.26.